The molecule has 120 valence electrons. The Morgan fingerprint density at radius 2 is 2.05 bits per heavy atom. The van der Waals surface area contributed by atoms with Crippen LogP contribution >= 0.6 is 11.8 Å². The summed E-state index contributed by atoms with van der Waals surface area (Å²) in [5.41, 5.74) is 0. The molecule has 1 amide bonds. The van der Waals surface area contributed by atoms with Gasteiger partial charge in [-0.3, -0.25) is 14.5 Å². The monoisotopic (exact) mass is 321 g/mol. The van der Waals surface area contributed by atoms with Crippen molar-refractivity contribution in [1.82, 2.24) is 19.6 Å². The number of piperazine rings is 1. The van der Waals surface area contributed by atoms with Gasteiger partial charge in [0.2, 0.25) is 5.91 Å². The molecule has 1 aromatic rings. The van der Waals surface area contributed by atoms with E-state index >= 15 is 0 Å². The summed E-state index contributed by atoms with van der Waals surface area (Å²) in [6.07, 6.45) is 3.55. The molecule has 0 unspecified atom stereocenters. The molecular weight excluding hydrogens is 298 g/mol. The number of nitrogens with zero attached hydrogens (tertiary/aromatic N) is 5. The number of rotatable bonds is 2. The summed E-state index contributed by atoms with van der Waals surface area (Å²) in [5, 5.41) is 5.30. The average Bonchev–Trinajstić information content (AvgIpc) is 3.15. The number of hydrogen-bond donors (Lipinski definition) is 0. The van der Waals surface area contributed by atoms with Gasteiger partial charge >= 0.3 is 0 Å². The van der Waals surface area contributed by atoms with E-state index in [1.807, 2.05) is 35.8 Å². The van der Waals surface area contributed by atoms with Crippen LogP contribution in [-0.4, -0.2) is 68.1 Å². The second-order valence-electron chi connectivity index (χ2n) is 6.43. The van der Waals surface area contributed by atoms with Crippen LogP contribution in [0.25, 0.3) is 0 Å². The van der Waals surface area contributed by atoms with Gasteiger partial charge in [0.05, 0.1) is 6.54 Å². The Labute approximate surface area is 135 Å². The lowest BCUT2D eigenvalue weighted by atomic mass is 10.2. The first-order chi connectivity index (χ1) is 10.5. The number of hydrogen-bond acceptors (Lipinski definition) is 5. The lowest BCUT2D eigenvalue weighted by molar-refractivity contribution is -0.135. The predicted molar refractivity (Wildman–Crippen MR) is 89.1 cm³/mol. The van der Waals surface area contributed by atoms with Crippen LogP contribution in [0.2, 0.25) is 0 Å². The third kappa shape index (κ3) is 3.14. The number of thioether (sulfide) groups is 1. The Hall–Kier alpha value is -1.50. The Morgan fingerprint density at radius 3 is 2.59 bits per heavy atom. The van der Waals surface area contributed by atoms with Crippen LogP contribution in [0.3, 0.4) is 0 Å². The lowest BCUT2D eigenvalue weighted by Gasteiger charge is -2.37. The molecular formula is C15H23N5OS. The van der Waals surface area contributed by atoms with Crippen LogP contribution in [0.4, 0.5) is 0 Å². The summed E-state index contributed by atoms with van der Waals surface area (Å²) >= 11 is 1.85. The zero-order valence-corrected chi connectivity index (χ0v) is 14.2. The van der Waals surface area contributed by atoms with Gasteiger partial charge in [-0.15, -0.1) is 0 Å². The summed E-state index contributed by atoms with van der Waals surface area (Å²) in [5.74, 6) is 0.143. The fourth-order valence-electron chi connectivity index (χ4n) is 2.74. The van der Waals surface area contributed by atoms with E-state index in [9.17, 15) is 4.79 Å². The molecule has 0 saturated carbocycles. The topological polar surface area (TPSA) is 53.7 Å². The van der Waals surface area contributed by atoms with Crippen molar-refractivity contribution >= 4 is 22.8 Å². The van der Waals surface area contributed by atoms with Crippen LogP contribution in [0.5, 0.6) is 0 Å². The van der Waals surface area contributed by atoms with Gasteiger partial charge in [0.25, 0.3) is 0 Å². The van der Waals surface area contributed by atoms with Crippen molar-refractivity contribution in [3.05, 3.63) is 18.5 Å². The lowest BCUT2D eigenvalue weighted by Crippen LogP contribution is -2.51. The number of aromatic nitrogens is 2. The molecule has 3 heterocycles. The van der Waals surface area contributed by atoms with E-state index in [1.165, 1.54) is 0 Å². The summed E-state index contributed by atoms with van der Waals surface area (Å²) in [6.45, 7) is 10.5. The van der Waals surface area contributed by atoms with Crippen LogP contribution < -0.4 is 0 Å². The first kappa shape index (κ1) is 15.4. The fraction of sp³-hybridized carbons (Fsp3) is 0.667. The third-order valence-electron chi connectivity index (χ3n) is 4.10. The van der Waals surface area contributed by atoms with Crippen molar-refractivity contribution in [3.63, 3.8) is 0 Å². The Kier molecular flexibility index (Phi) is 4.16. The molecule has 7 heteroatoms. The Balaban J connectivity index is 1.55. The van der Waals surface area contributed by atoms with E-state index in [-0.39, 0.29) is 16.7 Å². The van der Waals surface area contributed by atoms with Crippen molar-refractivity contribution < 1.29 is 4.79 Å². The summed E-state index contributed by atoms with van der Waals surface area (Å²) in [6, 6.07) is 1.61. The summed E-state index contributed by atoms with van der Waals surface area (Å²) < 4.78 is 1.92. The first-order valence-corrected chi connectivity index (χ1v) is 8.54. The minimum absolute atomic E-state index is 0.143. The van der Waals surface area contributed by atoms with Crippen LogP contribution in [0.1, 0.15) is 26.8 Å². The molecule has 2 aliphatic rings. The first-order valence-electron chi connectivity index (χ1n) is 7.73. The van der Waals surface area contributed by atoms with Crippen molar-refractivity contribution in [2.75, 3.05) is 32.7 Å². The van der Waals surface area contributed by atoms with Gasteiger partial charge in [0.15, 0.2) is 5.17 Å². The van der Waals surface area contributed by atoms with E-state index in [1.54, 1.807) is 10.9 Å². The maximum Gasteiger partial charge on any atom is 0.247 e. The molecule has 0 N–H and O–H groups in total. The SMILES string of the molecule is C[C@@H](C(=O)N1CCN(C2=NCC(C)(C)S2)CC1)n1cccn1. The second-order valence-corrected chi connectivity index (χ2v) is 8.11. The van der Waals surface area contributed by atoms with E-state index < -0.39 is 0 Å². The molecule has 6 nitrogen and oxygen atoms in total. The highest BCUT2D eigenvalue weighted by atomic mass is 32.2. The molecule has 0 radical (unpaired) electrons. The zero-order chi connectivity index (χ0) is 15.7. The number of amidine groups is 1. The third-order valence-corrected chi connectivity index (χ3v) is 5.36. The standard InChI is InChI=1S/C15H23N5OS/c1-12(20-6-4-5-17-20)13(21)18-7-9-19(10-8-18)14-16-11-15(2,3)22-14/h4-6,12H,7-11H2,1-3H3/t12-/m0/s1. The van der Waals surface area contributed by atoms with Crippen LogP contribution in [0.15, 0.2) is 23.5 Å². The fourth-order valence-corrected chi connectivity index (χ4v) is 3.80. The minimum atomic E-state index is -0.237. The number of amides is 1. The highest BCUT2D eigenvalue weighted by molar-refractivity contribution is 8.15. The van der Waals surface area contributed by atoms with Gasteiger partial charge in [-0.1, -0.05) is 11.8 Å². The zero-order valence-electron chi connectivity index (χ0n) is 13.4. The van der Waals surface area contributed by atoms with Gasteiger partial charge in [0, 0.05) is 43.3 Å². The molecule has 2 aliphatic heterocycles. The summed E-state index contributed by atoms with van der Waals surface area (Å²) in [4.78, 5) is 21.4. The molecule has 0 aliphatic carbocycles. The van der Waals surface area contributed by atoms with Gasteiger partial charge in [-0.2, -0.15) is 5.10 Å². The van der Waals surface area contributed by atoms with Crippen LogP contribution in [0, 0.1) is 0 Å². The van der Waals surface area contributed by atoms with Crippen molar-refractivity contribution in [1.29, 1.82) is 0 Å². The number of aliphatic imine (C=N–C) groups is 1. The Morgan fingerprint density at radius 1 is 1.32 bits per heavy atom. The quantitative estimate of drug-likeness (QED) is 0.828. The van der Waals surface area contributed by atoms with Crippen LogP contribution in [-0.2, 0) is 4.79 Å². The molecule has 1 aromatic heterocycles. The Bertz CT molecular complexity index is 560. The maximum absolute atomic E-state index is 12.5. The van der Waals surface area contributed by atoms with E-state index in [0.717, 1.165) is 37.9 Å². The molecule has 0 aromatic carbocycles. The number of carbonyl (C=O) groups is 1. The molecule has 1 saturated heterocycles. The smallest absolute Gasteiger partial charge is 0.247 e. The average molecular weight is 321 g/mol. The number of carbonyl (C=O) groups excluding carboxylic acids is 1. The molecule has 1 fully saturated rings. The van der Waals surface area contributed by atoms with Crippen molar-refractivity contribution in [3.8, 4) is 0 Å². The molecule has 0 bridgehead atoms. The minimum Gasteiger partial charge on any atom is -0.348 e. The van der Waals surface area contributed by atoms with Crippen molar-refractivity contribution in [2.24, 2.45) is 4.99 Å². The maximum atomic E-state index is 12.5. The highest BCUT2D eigenvalue weighted by Crippen LogP contribution is 2.33. The molecule has 22 heavy (non-hydrogen) atoms. The highest BCUT2D eigenvalue weighted by Gasteiger charge is 2.33. The van der Waals surface area contributed by atoms with E-state index in [2.05, 4.69) is 28.8 Å². The van der Waals surface area contributed by atoms with E-state index in [0.29, 0.717) is 0 Å². The van der Waals surface area contributed by atoms with E-state index in [4.69, 9.17) is 0 Å². The van der Waals surface area contributed by atoms with Gasteiger partial charge in [-0.05, 0) is 26.8 Å². The van der Waals surface area contributed by atoms with Crippen molar-refractivity contribution in [2.45, 2.75) is 31.6 Å². The molecule has 3 rings (SSSR count). The van der Waals surface area contributed by atoms with Gasteiger partial charge < -0.3 is 9.80 Å². The second kappa shape index (κ2) is 5.95. The summed E-state index contributed by atoms with van der Waals surface area (Å²) in [7, 11) is 0. The predicted octanol–water partition coefficient (Wildman–Crippen LogP) is 1.47. The molecule has 0 spiro atoms. The van der Waals surface area contributed by atoms with Gasteiger partial charge in [0.1, 0.15) is 6.04 Å². The molecule has 1 atom stereocenters. The van der Waals surface area contributed by atoms with Gasteiger partial charge in [-0.25, -0.2) is 0 Å². The normalized spacial score (nSPS) is 22.6. The largest absolute Gasteiger partial charge is 0.348 e.